The molecule has 0 fully saturated rings. The molecule has 0 saturated carbocycles. The third-order valence-corrected chi connectivity index (χ3v) is 5.66. The number of hydrogen-bond acceptors (Lipinski definition) is 0. The van der Waals surface area contributed by atoms with Crippen LogP contribution in [-0.2, 0) is 25.7 Å². The second kappa shape index (κ2) is 9.16. The van der Waals surface area contributed by atoms with E-state index in [9.17, 15) is 4.39 Å². The first-order chi connectivity index (χ1) is 12.7. The topological polar surface area (TPSA) is 0 Å². The molecule has 0 heterocycles. The van der Waals surface area contributed by atoms with Crippen molar-refractivity contribution in [1.82, 2.24) is 0 Å². The molecule has 0 aromatic heterocycles. The fourth-order valence-corrected chi connectivity index (χ4v) is 4.08. The van der Waals surface area contributed by atoms with Crippen molar-refractivity contribution in [3.63, 3.8) is 0 Å². The second-order valence-corrected chi connectivity index (χ2v) is 7.61. The molecule has 1 unspecified atom stereocenters. The number of benzene rings is 2. The maximum atomic E-state index is 14.7. The zero-order valence-electron chi connectivity index (χ0n) is 16.2. The molecule has 1 aliphatic carbocycles. The summed E-state index contributed by atoms with van der Waals surface area (Å²) in [4.78, 5) is 0. The molecular formula is C25H31F. The van der Waals surface area contributed by atoms with Gasteiger partial charge in [-0.2, -0.15) is 0 Å². The molecule has 2 aromatic rings. The average molecular weight is 351 g/mol. The minimum absolute atomic E-state index is 0.00461. The third kappa shape index (κ3) is 4.63. The van der Waals surface area contributed by atoms with Crippen LogP contribution in [0.1, 0.15) is 73.3 Å². The van der Waals surface area contributed by atoms with Crippen molar-refractivity contribution >= 4 is 0 Å². The first-order valence-electron chi connectivity index (χ1n) is 10.2. The number of aryl methyl sites for hydroxylation is 3. The molecule has 1 aliphatic rings. The predicted octanol–water partition coefficient (Wildman–Crippen LogP) is 6.95. The van der Waals surface area contributed by atoms with Crippen LogP contribution in [0.4, 0.5) is 4.39 Å². The highest BCUT2D eigenvalue weighted by Gasteiger charge is 2.22. The van der Waals surface area contributed by atoms with E-state index in [-0.39, 0.29) is 5.82 Å². The third-order valence-electron chi connectivity index (χ3n) is 5.66. The van der Waals surface area contributed by atoms with Gasteiger partial charge < -0.3 is 0 Å². The van der Waals surface area contributed by atoms with Gasteiger partial charge in [0, 0.05) is 0 Å². The average Bonchev–Trinajstić information content (AvgIpc) is 2.66. The zero-order valence-corrected chi connectivity index (χ0v) is 16.2. The number of hydrogen-bond donors (Lipinski definition) is 0. The summed E-state index contributed by atoms with van der Waals surface area (Å²) in [6, 6.07) is 12.9. The number of allylic oxidation sites excluding steroid dienone is 2. The van der Waals surface area contributed by atoms with Gasteiger partial charge in [-0.3, -0.25) is 0 Å². The fraction of sp³-hybridized carbons (Fsp3) is 0.440. The van der Waals surface area contributed by atoms with Gasteiger partial charge in [0.25, 0.3) is 0 Å². The van der Waals surface area contributed by atoms with Gasteiger partial charge in [-0.05, 0) is 91.7 Å². The van der Waals surface area contributed by atoms with E-state index in [1.165, 1.54) is 16.7 Å². The van der Waals surface area contributed by atoms with Gasteiger partial charge in [0.2, 0.25) is 0 Å². The lowest BCUT2D eigenvalue weighted by Crippen LogP contribution is -2.14. The smallest absolute Gasteiger partial charge is 0.126 e. The first kappa shape index (κ1) is 18.9. The van der Waals surface area contributed by atoms with E-state index < -0.39 is 0 Å². The Morgan fingerprint density at radius 3 is 2.62 bits per heavy atom. The Bertz CT molecular complexity index is 757. The van der Waals surface area contributed by atoms with E-state index in [2.05, 4.69) is 50.3 Å². The molecule has 0 radical (unpaired) electrons. The molecule has 0 aliphatic heterocycles. The maximum absolute atomic E-state index is 14.7. The largest absolute Gasteiger partial charge is 0.207 e. The highest BCUT2D eigenvalue weighted by Crippen LogP contribution is 2.34. The Labute approximate surface area is 158 Å². The molecule has 0 nitrogen and oxygen atoms in total. The minimum Gasteiger partial charge on any atom is -0.207 e. The molecule has 26 heavy (non-hydrogen) atoms. The number of rotatable bonds is 7. The van der Waals surface area contributed by atoms with Crippen molar-refractivity contribution in [1.29, 1.82) is 0 Å². The summed E-state index contributed by atoms with van der Waals surface area (Å²) in [5.41, 5.74) is 6.35. The summed E-state index contributed by atoms with van der Waals surface area (Å²) < 4.78 is 14.7. The normalized spacial score (nSPS) is 16.8. The molecule has 3 rings (SSSR count). The van der Waals surface area contributed by atoms with Crippen LogP contribution in [0.3, 0.4) is 0 Å². The van der Waals surface area contributed by atoms with Crippen molar-refractivity contribution in [2.24, 2.45) is 0 Å². The lowest BCUT2D eigenvalue weighted by Gasteiger charge is -2.26. The van der Waals surface area contributed by atoms with Crippen molar-refractivity contribution < 1.29 is 4.39 Å². The number of unbranched alkanes of at least 4 members (excludes halogenated alkanes) is 1. The van der Waals surface area contributed by atoms with Crippen LogP contribution in [-0.4, -0.2) is 0 Å². The molecule has 0 N–H and O–H groups in total. The fourth-order valence-electron chi connectivity index (χ4n) is 4.08. The van der Waals surface area contributed by atoms with Crippen molar-refractivity contribution in [2.75, 3.05) is 0 Å². The van der Waals surface area contributed by atoms with Gasteiger partial charge in [-0.15, -0.1) is 0 Å². The Balaban J connectivity index is 1.70. The predicted molar refractivity (Wildman–Crippen MR) is 109 cm³/mol. The first-order valence-corrected chi connectivity index (χ1v) is 10.2. The molecule has 0 bridgehead atoms. The molecular weight excluding hydrogens is 319 g/mol. The molecule has 0 saturated heterocycles. The second-order valence-electron chi connectivity index (χ2n) is 7.61. The van der Waals surface area contributed by atoms with Gasteiger partial charge in [-0.1, -0.05) is 55.8 Å². The Kier molecular flexibility index (Phi) is 6.66. The molecule has 0 amide bonds. The Morgan fingerprint density at radius 1 is 1.04 bits per heavy atom. The van der Waals surface area contributed by atoms with Gasteiger partial charge in [0.15, 0.2) is 0 Å². The highest BCUT2D eigenvalue weighted by molar-refractivity contribution is 5.38. The lowest BCUT2D eigenvalue weighted by molar-refractivity contribution is 0.532. The van der Waals surface area contributed by atoms with Crippen molar-refractivity contribution in [3.8, 4) is 0 Å². The highest BCUT2D eigenvalue weighted by atomic mass is 19.1. The van der Waals surface area contributed by atoms with Crippen LogP contribution >= 0.6 is 0 Å². The van der Waals surface area contributed by atoms with E-state index >= 15 is 0 Å². The van der Waals surface area contributed by atoms with Crippen LogP contribution < -0.4 is 0 Å². The van der Waals surface area contributed by atoms with Gasteiger partial charge in [0.05, 0.1) is 0 Å². The van der Waals surface area contributed by atoms with Crippen LogP contribution in [0.5, 0.6) is 0 Å². The number of halogens is 1. The number of fused-ring (bicyclic) bond motifs is 1. The summed E-state index contributed by atoms with van der Waals surface area (Å²) in [5, 5.41) is 0. The Morgan fingerprint density at radius 2 is 1.85 bits per heavy atom. The van der Waals surface area contributed by atoms with Crippen LogP contribution in [0, 0.1) is 5.82 Å². The summed E-state index contributed by atoms with van der Waals surface area (Å²) >= 11 is 0. The quantitative estimate of drug-likeness (QED) is 0.474. The maximum Gasteiger partial charge on any atom is 0.126 e. The van der Waals surface area contributed by atoms with E-state index in [1.54, 1.807) is 6.07 Å². The Hall–Kier alpha value is -1.89. The summed E-state index contributed by atoms with van der Waals surface area (Å²) in [6.45, 7) is 4.25. The standard InChI is InChI=1S/C25H31F/c1-3-5-7-9-19-10-12-22-18-23(14-13-21(22)16-19)24-15-11-20(8-6-4-2)17-25(24)26/h3,5,10-12,15-17,23H,4,6-9,13-14,18H2,1-2H3/b5-3+. The van der Waals surface area contributed by atoms with Gasteiger partial charge in [-0.25, -0.2) is 4.39 Å². The van der Waals surface area contributed by atoms with Crippen molar-refractivity contribution in [3.05, 3.63) is 82.2 Å². The van der Waals surface area contributed by atoms with E-state index in [4.69, 9.17) is 0 Å². The molecule has 1 heteroatoms. The van der Waals surface area contributed by atoms with Crippen molar-refractivity contribution in [2.45, 2.75) is 71.1 Å². The van der Waals surface area contributed by atoms with Crippen LogP contribution in [0.2, 0.25) is 0 Å². The monoisotopic (exact) mass is 350 g/mol. The molecule has 1 atom stereocenters. The van der Waals surface area contributed by atoms with Crippen LogP contribution in [0.15, 0.2) is 48.6 Å². The van der Waals surface area contributed by atoms with E-state index in [0.717, 1.165) is 62.5 Å². The van der Waals surface area contributed by atoms with E-state index in [1.807, 2.05) is 6.07 Å². The lowest BCUT2D eigenvalue weighted by atomic mass is 9.79. The SMILES string of the molecule is C/C=C/CCc1ccc2c(c1)CCC(c1ccc(CCCC)cc1F)C2. The summed E-state index contributed by atoms with van der Waals surface area (Å²) in [5.74, 6) is 0.312. The minimum atomic E-state index is -0.00461. The zero-order chi connectivity index (χ0) is 18.4. The summed E-state index contributed by atoms with van der Waals surface area (Å²) in [6.07, 6.45) is 12.9. The molecule has 2 aromatic carbocycles. The van der Waals surface area contributed by atoms with E-state index in [0.29, 0.717) is 5.92 Å². The van der Waals surface area contributed by atoms with Crippen LogP contribution in [0.25, 0.3) is 0 Å². The molecule has 138 valence electrons. The summed E-state index contributed by atoms with van der Waals surface area (Å²) in [7, 11) is 0. The molecule has 0 spiro atoms. The van der Waals surface area contributed by atoms with Gasteiger partial charge >= 0.3 is 0 Å². The van der Waals surface area contributed by atoms with Gasteiger partial charge in [0.1, 0.15) is 5.82 Å².